The van der Waals surface area contributed by atoms with Crippen LogP contribution >= 0.6 is 11.7 Å². The molecule has 0 saturated carbocycles. The molecule has 0 bridgehead atoms. The number of carbonyl (C=O) groups excluding carboxylic acids is 2. The van der Waals surface area contributed by atoms with Crippen LogP contribution in [0.4, 0.5) is 4.39 Å². The molecule has 0 aliphatic carbocycles. The number of fused-ring (bicyclic) bond motifs is 1. The van der Waals surface area contributed by atoms with Crippen molar-refractivity contribution in [3.63, 3.8) is 0 Å². The number of ether oxygens (including phenoxy) is 4. The summed E-state index contributed by atoms with van der Waals surface area (Å²) in [5.41, 5.74) is 1.21. The number of hydrogen-bond donors (Lipinski definition) is 0. The van der Waals surface area contributed by atoms with Crippen LogP contribution in [0, 0.1) is 5.82 Å². The zero-order chi connectivity index (χ0) is 27.4. The molecule has 0 spiro atoms. The molecule has 0 aliphatic rings. The van der Waals surface area contributed by atoms with Crippen molar-refractivity contribution in [3.8, 4) is 23.0 Å². The van der Waals surface area contributed by atoms with Gasteiger partial charge in [-0.2, -0.15) is 8.75 Å². The number of aromatic nitrogens is 2. The minimum absolute atomic E-state index is 0. The van der Waals surface area contributed by atoms with Crippen LogP contribution in [0.15, 0.2) is 54.1 Å². The van der Waals surface area contributed by atoms with E-state index in [0.29, 0.717) is 33.8 Å². The summed E-state index contributed by atoms with van der Waals surface area (Å²) in [5, 5.41) is 12.6. The maximum absolute atomic E-state index is 13.9. The van der Waals surface area contributed by atoms with Crippen molar-refractivity contribution in [3.05, 3.63) is 76.6 Å². The van der Waals surface area contributed by atoms with Gasteiger partial charge in [0.1, 0.15) is 22.6 Å². The van der Waals surface area contributed by atoms with Gasteiger partial charge in [-0.3, -0.25) is 4.79 Å². The molecule has 9 nitrogen and oxygen atoms in total. The zero-order valence-corrected chi connectivity index (χ0v) is 24.7. The van der Waals surface area contributed by atoms with Gasteiger partial charge in [-0.25, -0.2) is 4.39 Å². The summed E-state index contributed by atoms with van der Waals surface area (Å²) in [4.78, 5) is 26.5. The number of hydrogen-bond acceptors (Lipinski definition) is 10. The number of ketones is 1. The number of aliphatic carboxylic acids is 1. The average Bonchev–Trinajstić information content (AvgIpc) is 3.39. The van der Waals surface area contributed by atoms with Gasteiger partial charge in [-0.1, -0.05) is 6.07 Å². The molecule has 0 fully saturated rings. The number of benzene rings is 3. The van der Waals surface area contributed by atoms with Crippen LogP contribution in [-0.2, 0) is 11.2 Å². The summed E-state index contributed by atoms with van der Waals surface area (Å²) in [5.74, 6) is -1.96. The molecule has 0 atom stereocenters. The number of carbonyl (C=O) groups is 2. The van der Waals surface area contributed by atoms with Crippen molar-refractivity contribution in [2.75, 3.05) is 28.4 Å². The number of Topliss-reactive ketones (excluding diaryl/α,β-unsaturated/α-hetero) is 1. The van der Waals surface area contributed by atoms with Crippen LogP contribution in [0.2, 0.25) is 0 Å². The maximum atomic E-state index is 13.9. The van der Waals surface area contributed by atoms with Gasteiger partial charge in [0.15, 0.2) is 17.3 Å². The Morgan fingerprint density at radius 2 is 1.49 bits per heavy atom. The summed E-state index contributed by atoms with van der Waals surface area (Å²) in [6, 6.07) is 11.3. The Balaban J connectivity index is 0.00000420. The first-order valence-corrected chi connectivity index (χ1v) is 11.9. The molecule has 0 N–H and O–H groups in total. The van der Waals surface area contributed by atoms with Crippen LogP contribution in [0.5, 0.6) is 23.0 Å². The largest absolute Gasteiger partial charge is 1.00 e. The number of carboxylic acid groups (broad SMARTS) is 1. The predicted octanol–water partition coefficient (Wildman–Crippen LogP) is 0.498. The van der Waals surface area contributed by atoms with Crippen molar-refractivity contribution in [2.24, 2.45) is 0 Å². The fourth-order valence-electron chi connectivity index (χ4n) is 4.09. The summed E-state index contributed by atoms with van der Waals surface area (Å²) in [6.45, 7) is 0. The molecule has 1 aromatic heterocycles. The third-order valence-electron chi connectivity index (χ3n) is 5.84. The van der Waals surface area contributed by atoms with E-state index in [-0.39, 0.29) is 64.0 Å². The normalized spacial score (nSPS) is 11.3. The first-order valence-electron chi connectivity index (χ1n) is 11.2. The molecule has 4 aromatic rings. The third-order valence-corrected chi connectivity index (χ3v) is 6.39. The minimum atomic E-state index is -1.58. The van der Waals surface area contributed by atoms with Gasteiger partial charge in [0, 0.05) is 23.6 Å². The fraction of sp³-hybridized carbons (Fsp3) is 0.185. The van der Waals surface area contributed by atoms with Gasteiger partial charge >= 0.3 is 29.6 Å². The van der Waals surface area contributed by atoms with Crippen LogP contribution < -0.4 is 53.6 Å². The van der Waals surface area contributed by atoms with Gasteiger partial charge in [-0.05, 0) is 47.5 Å². The summed E-state index contributed by atoms with van der Waals surface area (Å²) >= 11 is 0.976. The van der Waals surface area contributed by atoms with Crippen molar-refractivity contribution >= 4 is 40.1 Å². The van der Waals surface area contributed by atoms with E-state index in [0.717, 1.165) is 23.9 Å². The first-order chi connectivity index (χ1) is 18.3. The molecule has 0 unspecified atom stereocenters. The molecule has 12 heteroatoms. The van der Waals surface area contributed by atoms with E-state index in [4.69, 9.17) is 18.9 Å². The van der Waals surface area contributed by atoms with E-state index < -0.39 is 17.6 Å². The van der Waals surface area contributed by atoms with Gasteiger partial charge in [-0.15, -0.1) is 0 Å². The van der Waals surface area contributed by atoms with Gasteiger partial charge in [0.05, 0.1) is 51.7 Å². The summed E-state index contributed by atoms with van der Waals surface area (Å²) in [6.07, 6.45) is -0.174. The number of carboxylic acids is 1. The number of nitrogens with zero attached hydrogens (tertiary/aromatic N) is 2. The molecule has 1 heterocycles. The van der Waals surface area contributed by atoms with E-state index in [1.54, 1.807) is 18.2 Å². The van der Waals surface area contributed by atoms with Crippen molar-refractivity contribution in [2.45, 2.75) is 6.42 Å². The van der Waals surface area contributed by atoms with Gasteiger partial charge in [0.2, 0.25) is 5.75 Å². The summed E-state index contributed by atoms with van der Waals surface area (Å²) < 4.78 is 43.6. The molecule has 4 rings (SSSR count). The van der Waals surface area contributed by atoms with E-state index >= 15 is 0 Å². The monoisotopic (exact) mass is 560 g/mol. The Bertz CT molecular complexity index is 1550. The SMILES string of the molecule is COc1cc(F)ccc1C(=O)/C(Cc1cc(OC)c(OC)c(OC)c1)=C(\C(=O)[O-])c1ccc2nsnc2c1.[Na+]. The third kappa shape index (κ3) is 6.22. The Morgan fingerprint density at radius 1 is 0.846 bits per heavy atom. The molecule has 0 aliphatic heterocycles. The molecule has 0 radical (unpaired) electrons. The molecule has 3 aromatic carbocycles. The van der Waals surface area contributed by atoms with Crippen molar-refractivity contribution in [1.82, 2.24) is 8.75 Å². The van der Waals surface area contributed by atoms with Crippen LogP contribution in [0.3, 0.4) is 0 Å². The zero-order valence-electron chi connectivity index (χ0n) is 21.9. The Kier molecular flexibility index (Phi) is 10.0. The van der Waals surface area contributed by atoms with Crippen molar-refractivity contribution < 1.29 is 67.6 Å². The standard InChI is InChI=1S/C27H23FN2O7S.Na/c1-34-21-13-16(28)6-7-17(21)25(31)18(9-14-10-22(35-2)26(37-4)23(11-14)36-3)24(27(32)33)15-5-8-19-20(12-15)30-38-29-19;/h5-8,10-13H,9H2,1-4H3,(H,32,33);/q;+1/p-1/b24-18-;. The Hall–Kier alpha value is -3.51. The Morgan fingerprint density at radius 3 is 2.08 bits per heavy atom. The first kappa shape index (κ1) is 30.0. The quantitative estimate of drug-likeness (QED) is 0.155. The van der Waals surface area contributed by atoms with Gasteiger partial charge < -0.3 is 28.8 Å². The van der Waals surface area contributed by atoms with E-state index in [2.05, 4.69) is 8.75 Å². The second-order valence-corrected chi connectivity index (χ2v) is 8.52. The van der Waals surface area contributed by atoms with E-state index in [1.807, 2.05) is 0 Å². The van der Waals surface area contributed by atoms with Crippen LogP contribution in [0.25, 0.3) is 16.6 Å². The van der Waals surface area contributed by atoms with Crippen LogP contribution in [0.1, 0.15) is 21.5 Å². The van der Waals surface area contributed by atoms with E-state index in [9.17, 15) is 19.1 Å². The molecule has 0 amide bonds. The second-order valence-electron chi connectivity index (χ2n) is 7.99. The molecular weight excluding hydrogens is 538 g/mol. The smallest absolute Gasteiger partial charge is 0.545 e. The number of methoxy groups -OCH3 is 4. The van der Waals surface area contributed by atoms with Gasteiger partial charge in [0.25, 0.3) is 0 Å². The van der Waals surface area contributed by atoms with E-state index in [1.165, 1.54) is 46.6 Å². The number of allylic oxidation sites excluding steroid dienone is 1. The maximum Gasteiger partial charge on any atom is 1.00 e. The molecular formula is C27H22FN2NaO7S. The second kappa shape index (κ2) is 13.0. The average molecular weight is 561 g/mol. The molecule has 196 valence electrons. The predicted molar refractivity (Wildman–Crippen MR) is 136 cm³/mol. The topological polar surface area (TPSA) is 120 Å². The summed E-state index contributed by atoms with van der Waals surface area (Å²) in [7, 11) is 5.62. The van der Waals surface area contributed by atoms with Crippen molar-refractivity contribution in [1.29, 1.82) is 0 Å². The fourth-order valence-corrected chi connectivity index (χ4v) is 4.61. The molecule has 39 heavy (non-hydrogen) atoms. The Labute approximate surface area is 249 Å². The number of halogens is 1. The minimum Gasteiger partial charge on any atom is -0.545 e. The van der Waals surface area contributed by atoms with Crippen LogP contribution in [-0.4, -0.2) is 48.9 Å². The number of rotatable bonds is 10. The molecule has 0 saturated heterocycles.